The third-order valence-electron chi connectivity index (χ3n) is 2.10. The largest absolute Gasteiger partial charge is 0.497 e. The molecule has 2 aromatic rings. The lowest BCUT2D eigenvalue weighted by atomic mass is 10.1. The molecule has 0 saturated heterocycles. The van der Waals surface area contributed by atoms with E-state index in [0.29, 0.717) is 11.5 Å². The van der Waals surface area contributed by atoms with E-state index >= 15 is 0 Å². The van der Waals surface area contributed by atoms with Crippen LogP contribution in [0.3, 0.4) is 0 Å². The fourth-order valence-electron chi connectivity index (χ4n) is 1.35. The number of ether oxygens (including phenoxy) is 1. The number of methoxy groups -OCH3 is 1. The van der Waals surface area contributed by atoms with Crippen molar-refractivity contribution in [2.75, 3.05) is 12.8 Å². The van der Waals surface area contributed by atoms with Crippen LogP contribution in [0.2, 0.25) is 5.28 Å². The summed E-state index contributed by atoms with van der Waals surface area (Å²) in [4.78, 5) is 7.89. The molecule has 0 amide bonds. The molecule has 16 heavy (non-hydrogen) atoms. The van der Waals surface area contributed by atoms with Crippen molar-refractivity contribution in [3.8, 4) is 17.0 Å². The molecule has 0 bridgehead atoms. The molecule has 2 rings (SSSR count). The van der Waals surface area contributed by atoms with E-state index in [1.165, 1.54) is 0 Å². The summed E-state index contributed by atoms with van der Waals surface area (Å²) in [6.07, 6.45) is 0. The zero-order valence-corrected chi connectivity index (χ0v) is 9.40. The molecular weight excluding hydrogens is 226 g/mol. The standard InChI is InChI=1S/C11H10ClN3O/c1-16-8-4-2-7(3-5-8)9-6-10(13)15-11(12)14-9/h2-6H,1H3,(H2,13,14,15). The first-order valence-electron chi connectivity index (χ1n) is 4.63. The minimum atomic E-state index is 0.144. The van der Waals surface area contributed by atoms with Crippen molar-refractivity contribution in [3.63, 3.8) is 0 Å². The smallest absolute Gasteiger partial charge is 0.224 e. The van der Waals surface area contributed by atoms with Gasteiger partial charge in [0.25, 0.3) is 0 Å². The number of hydrogen-bond acceptors (Lipinski definition) is 4. The zero-order valence-electron chi connectivity index (χ0n) is 8.64. The Morgan fingerprint density at radius 3 is 2.44 bits per heavy atom. The summed E-state index contributed by atoms with van der Waals surface area (Å²) >= 11 is 5.73. The number of nitrogens with zero attached hydrogens (tertiary/aromatic N) is 2. The van der Waals surface area contributed by atoms with Crippen LogP contribution in [0, 0.1) is 0 Å². The van der Waals surface area contributed by atoms with E-state index in [4.69, 9.17) is 22.1 Å². The highest BCUT2D eigenvalue weighted by Gasteiger charge is 2.03. The van der Waals surface area contributed by atoms with Crippen LogP contribution >= 0.6 is 11.6 Å². The van der Waals surface area contributed by atoms with Crippen LogP contribution in [-0.2, 0) is 0 Å². The molecule has 0 atom stereocenters. The van der Waals surface area contributed by atoms with E-state index in [1.807, 2.05) is 24.3 Å². The number of halogens is 1. The molecule has 4 nitrogen and oxygen atoms in total. The molecular formula is C11H10ClN3O. The first-order valence-corrected chi connectivity index (χ1v) is 5.01. The second-order valence-electron chi connectivity index (χ2n) is 3.18. The van der Waals surface area contributed by atoms with Gasteiger partial charge in [0.2, 0.25) is 5.28 Å². The molecule has 0 fully saturated rings. The van der Waals surface area contributed by atoms with Crippen molar-refractivity contribution < 1.29 is 4.74 Å². The summed E-state index contributed by atoms with van der Waals surface area (Å²) in [5.41, 5.74) is 7.20. The molecule has 0 spiro atoms. The Balaban J connectivity index is 2.42. The van der Waals surface area contributed by atoms with Crippen LogP contribution in [0.25, 0.3) is 11.3 Å². The molecule has 1 aromatic carbocycles. The van der Waals surface area contributed by atoms with E-state index in [2.05, 4.69) is 9.97 Å². The first-order chi connectivity index (χ1) is 7.69. The van der Waals surface area contributed by atoms with E-state index < -0.39 is 0 Å². The van der Waals surface area contributed by atoms with Gasteiger partial charge in [0.05, 0.1) is 12.8 Å². The molecule has 0 unspecified atom stereocenters. The Morgan fingerprint density at radius 1 is 1.19 bits per heavy atom. The Hall–Kier alpha value is -1.81. The molecule has 0 saturated carbocycles. The minimum Gasteiger partial charge on any atom is -0.497 e. The van der Waals surface area contributed by atoms with Crippen molar-refractivity contribution in [3.05, 3.63) is 35.6 Å². The second-order valence-corrected chi connectivity index (χ2v) is 3.51. The minimum absolute atomic E-state index is 0.144. The summed E-state index contributed by atoms with van der Waals surface area (Å²) in [5, 5.41) is 0.144. The van der Waals surface area contributed by atoms with Gasteiger partial charge in [-0.25, -0.2) is 9.97 Å². The van der Waals surface area contributed by atoms with E-state index in [1.54, 1.807) is 13.2 Å². The van der Waals surface area contributed by atoms with Crippen molar-refractivity contribution in [1.29, 1.82) is 0 Å². The van der Waals surface area contributed by atoms with Gasteiger partial charge in [-0.05, 0) is 35.9 Å². The van der Waals surface area contributed by atoms with Crippen LogP contribution < -0.4 is 10.5 Å². The predicted molar refractivity (Wildman–Crippen MR) is 63.4 cm³/mol. The van der Waals surface area contributed by atoms with Crippen molar-refractivity contribution in [2.45, 2.75) is 0 Å². The number of hydrogen-bond donors (Lipinski definition) is 1. The van der Waals surface area contributed by atoms with Crippen LogP contribution in [0.4, 0.5) is 5.82 Å². The average molecular weight is 236 g/mol. The molecule has 0 aliphatic rings. The zero-order chi connectivity index (χ0) is 11.5. The number of anilines is 1. The lowest BCUT2D eigenvalue weighted by Crippen LogP contribution is -1.94. The first kappa shape index (κ1) is 10.7. The predicted octanol–water partition coefficient (Wildman–Crippen LogP) is 2.39. The van der Waals surface area contributed by atoms with Crippen molar-refractivity contribution in [2.24, 2.45) is 0 Å². The maximum Gasteiger partial charge on any atom is 0.224 e. The summed E-state index contributed by atoms with van der Waals surface area (Å²) in [5.74, 6) is 1.14. The van der Waals surface area contributed by atoms with Gasteiger partial charge >= 0.3 is 0 Å². The second kappa shape index (κ2) is 4.37. The maximum atomic E-state index is 5.73. The van der Waals surface area contributed by atoms with Crippen molar-refractivity contribution >= 4 is 17.4 Å². The number of nitrogen functional groups attached to an aromatic ring is 1. The number of aromatic nitrogens is 2. The molecule has 82 valence electrons. The fourth-order valence-corrected chi connectivity index (χ4v) is 1.53. The summed E-state index contributed by atoms with van der Waals surface area (Å²) in [6.45, 7) is 0. The van der Waals surface area contributed by atoms with Crippen molar-refractivity contribution in [1.82, 2.24) is 9.97 Å². The van der Waals surface area contributed by atoms with Crippen LogP contribution in [0.15, 0.2) is 30.3 Å². The molecule has 2 N–H and O–H groups in total. The SMILES string of the molecule is COc1ccc(-c2cc(N)nc(Cl)n2)cc1. The lowest BCUT2D eigenvalue weighted by molar-refractivity contribution is 0.415. The summed E-state index contributed by atoms with van der Waals surface area (Å²) in [6, 6.07) is 9.14. The Labute approximate surface area is 98.0 Å². The maximum absolute atomic E-state index is 5.73. The molecule has 1 aromatic heterocycles. The molecule has 0 aliphatic heterocycles. The fraction of sp³-hybridized carbons (Fsp3) is 0.0909. The van der Waals surface area contributed by atoms with Crippen LogP contribution in [-0.4, -0.2) is 17.1 Å². The highest BCUT2D eigenvalue weighted by atomic mass is 35.5. The highest BCUT2D eigenvalue weighted by Crippen LogP contribution is 2.22. The Bertz CT molecular complexity index is 479. The van der Waals surface area contributed by atoms with Gasteiger partial charge in [0.15, 0.2) is 0 Å². The Kier molecular flexibility index (Phi) is 2.92. The van der Waals surface area contributed by atoms with Gasteiger partial charge in [0.1, 0.15) is 11.6 Å². The molecule has 5 heteroatoms. The van der Waals surface area contributed by atoms with Gasteiger partial charge in [-0.1, -0.05) is 0 Å². The molecule has 0 aliphatic carbocycles. The number of rotatable bonds is 2. The summed E-state index contributed by atoms with van der Waals surface area (Å²) in [7, 11) is 1.62. The lowest BCUT2D eigenvalue weighted by Gasteiger charge is -2.04. The van der Waals surface area contributed by atoms with Gasteiger partial charge in [0, 0.05) is 11.6 Å². The monoisotopic (exact) mass is 235 g/mol. The van der Waals surface area contributed by atoms with E-state index in [-0.39, 0.29) is 5.28 Å². The van der Waals surface area contributed by atoms with Gasteiger partial charge < -0.3 is 10.5 Å². The normalized spacial score (nSPS) is 10.1. The van der Waals surface area contributed by atoms with Gasteiger partial charge in [-0.15, -0.1) is 0 Å². The third-order valence-corrected chi connectivity index (χ3v) is 2.27. The topological polar surface area (TPSA) is 61.0 Å². The average Bonchev–Trinajstić information content (AvgIpc) is 2.28. The third kappa shape index (κ3) is 2.23. The summed E-state index contributed by atoms with van der Waals surface area (Å²) < 4.78 is 5.07. The number of nitrogens with two attached hydrogens (primary N) is 1. The Morgan fingerprint density at radius 2 is 1.88 bits per heavy atom. The van der Waals surface area contributed by atoms with Crippen LogP contribution in [0.5, 0.6) is 5.75 Å². The highest BCUT2D eigenvalue weighted by molar-refractivity contribution is 6.28. The van der Waals surface area contributed by atoms with E-state index in [9.17, 15) is 0 Å². The number of benzene rings is 1. The van der Waals surface area contributed by atoms with Gasteiger partial charge in [-0.3, -0.25) is 0 Å². The quantitative estimate of drug-likeness (QED) is 0.812. The van der Waals surface area contributed by atoms with Gasteiger partial charge in [-0.2, -0.15) is 0 Å². The van der Waals surface area contributed by atoms with Crippen LogP contribution in [0.1, 0.15) is 0 Å². The molecule has 0 radical (unpaired) electrons. The molecule has 1 heterocycles. The van der Waals surface area contributed by atoms with E-state index in [0.717, 1.165) is 11.3 Å².